The van der Waals surface area contributed by atoms with Crippen molar-refractivity contribution in [1.29, 1.82) is 0 Å². The fourth-order valence-corrected chi connectivity index (χ4v) is 0. The number of rotatable bonds is 1. The lowest BCUT2D eigenvalue weighted by Gasteiger charge is -1.90. The number of aliphatic hydroxyl groups is 1. The molecule has 0 aromatic rings. The van der Waals surface area contributed by atoms with Crippen LogP contribution in [0.2, 0.25) is 0 Å². The molecule has 0 bridgehead atoms. The minimum absolute atomic E-state index is 0. The van der Waals surface area contributed by atoms with E-state index in [1.165, 1.54) is 0 Å². The molecule has 0 saturated carbocycles. The highest BCUT2D eigenvalue weighted by atomic mass is 35.5. The molecule has 1 unspecified atom stereocenters. The van der Waals surface area contributed by atoms with E-state index in [4.69, 9.17) is 5.11 Å². The van der Waals surface area contributed by atoms with Crippen LogP contribution >= 0.6 is 24.8 Å². The Morgan fingerprint density at radius 2 is 1.57 bits per heavy atom. The predicted molar refractivity (Wildman–Crippen MR) is 36.5 cm³/mol. The maximum Gasteiger partial charge on any atom is 0.0509 e. The summed E-state index contributed by atoms with van der Waals surface area (Å²) < 4.78 is 0. The maximum atomic E-state index is 8.36. The van der Waals surface area contributed by atoms with Gasteiger partial charge in [0.2, 0.25) is 0 Å². The van der Waals surface area contributed by atoms with Gasteiger partial charge in [-0.2, -0.15) is 0 Å². The summed E-state index contributed by atoms with van der Waals surface area (Å²) >= 11 is 0. The Kier molecular flexibility index (Phi) is 21.8. The largest absolute Gasteiger partial charge is 0.393 e. The van der Waals surface area contributed by atoms with Gasteiger partial charge in [-0.1, -0.05) is 6.92 Å². The summed E-state index contributed by atoms with van der Waals surface area (Å²) in [5.74, 6) is 0. The lowest BCUT2D eigenvalue weighted by atomic mass is 10.3. The number of hydrogen-bond acceptors (Lipinski definition) is 1. The summed E-state index contributed by atoms with van der Waals surface area (Å²) in [6, 6.07) is 0. The Morgan fingerprint density at radius 1 is 1.43 bits per heavy atom. The molecular formula is C4H12Cl2O. The smallest absolute Gasteiger partial charge is 0.0509 e. The van der Waals surface area contributed by atoms with Crippen molar-refractivity contribution < 1.29 is 5.11 Å². The normalized spacial score (nSPS) is 10.7. The first-order valence-corrected chi connectivity index (χ1v) is 1.95. The van der Waals surface area contributed by atoms with E-state index < -0.39 is 0 Å². The Hall–Kier alpha value is 0.540. The Balaban J connectivity index is -0.0000000800. The van der Waals surface area contributed by atoms with E-state index in [2.05, 4.69) is 0 Å². The molecule has 0 radical (unpaired) electrons. The molecule has 0 fully saturated rings. The van der Waals surface area contributed by atoms with Gasteiger partial charge < -0.3 is 5.11 Å². The van der Waals surface area contributed by atoms with Crippen molar-refractivity contribution in [3.8, 4) is 0 Å². The molecule has 0 heterocycles. The monoisotopic (exact) mass is 146 g/mol. The first kappa shape index (κ1) is 15.6. The van der Waals surface area contributed by atoms with Gasteiger partial charge in [0.1, 0.15) is 0 Å². The van der Waals surface area contributed by atoms with Gasteiger partial charge in [0, 0.05) is 0 Å². The van der Waals surface area contributed by atoms with E-state index in [1.54, 1.807) is 6.92 Å². The highest BCUT2D eigenvalue weighted by Gasteiger charge is 1.81. The van der Waals surface area contributed by atoms with Crippen molar-refractivity contribution >= 4 is 24.8 Å². The lowest BCUT2D eigenvalue weighted by Crippen LogP contribution is -1.93. The van der Waals surface area contributed by atoms with Crippen molar-refractivity contribution in [2.45, 2.75) is 26.4 Å². The quantitative estimate of drug-likeness (QED) is 0.597. The molecule has 1 atom stereocenters. The predicted octanol–water partition coefficient (Wildman–Crippen LogP) is 1.62. The molecule has 0 aliphatic heterocycles. The zero-order valence-corrected chi connectivity index (χ0v) is 6.18. The van der Waals surface area contributed by atoms with Crippen LogP contribution in [-0.2, 0) is 0 Å². The van der Waals surface area contributed by atoms with Crippen LogP contribution in [0.3, 0.4) is 0 Å². The minimum atomic E-state index is -0.116. The molecule has 3 heteroatoms. The Morgan fingerprint density at radius 3 is 1.57 bits per heavy atom. The summed E-state index contributed by atoms with van der Waals surface area (Å²) in [5, 5.41) is 8.36. The average Bonchev–Trinajstić information content (AvgIpc) is 1.38. The van der Waals surface area contributed by atoms with Gasteiger partial charge in [0.25, 0.3) is 0 Å². The second kappa shape index (κ2) is 9.74. The van der Waals surface area contributed by atoms with Gasteiger partial charge in [0.05, 0.1) is 6.10 Å². The molecule has 1 N–H and O–H groups in total. The molecular weight excluding hydrogens is 135 g/mol. The molecule has 0 aromatic heterocycles. The van der Waals surface area contributed by atoms with Crippen molar-refractivity contribution in [2.24, 2.45) is 0 Å². The van der Waals surface area contributed by atoms with Crippen molar-refractivity contribution in [3.05, 3.63) is 0 Å². The van der Waals surface area contributed by atoms with E-state index in [1.807, 2.05) is 6.92 Å². The topological polar surface area (TPSA) is 20.2 Å². The fourth-order valence-electron chi connectivity index (χ4n) is 0. The summed E-state index contributed by atoms with van der Waals surface area (Å²) in [6.45, 7) is 3.73. The molecule has 1 nitrogen and oxygen atoms in total. The fraction of sp³-hybridized carbons (Fsp3) is 1.00. The second-order valence-corrected chi connectivity index (χ2v) is 1.26. The summed E-state index contributed by atoms with van der Waals surface area (Å²) in [6.07, 6.45) is 0.745. The molecule has 0 spiro atoms. The Labute approximate surface area is 56.9 Å². The zero-order chi connectivity index (χ0) is 4.28. The van der Waals surface area contributed by atoms with E-state index in [9.17, 15) is 0 Å². The zero-order valence-electron chi connectivity index (χ0n) is 4.55. The molecule has 0 aromatic carbocycles. The third-order valence-electron chi connectivity index (χ3n) is 0.591. The minimum Gasteiger partial charge on any atom is -0.393 e. The molecule has 0 aliphatic rings. The number of aliphatic hydroxyl groups excluding tert-OH is 1. The van der Waals surface area contributed by atoms with Gasteiger partial charge >= 0.3 is 0 Å². The van der Waals surface area contributed by atoms with Crippen LogP contribution in [-0.4, -0.2) is 11.2 Å². The van der Waals surface area contributed by atoms with E-state index in [-0.39, 0.29) is 30.9 Å². The first-order valence-electron chi connectivity index (χ1n) is 1.95. The lowest BCUT2D eigenvalue weighted by molar-refractivity contribution is 0.191. The third kappa shape index (κ3) is 20.9. The van der Waals surface area contributed by atoms with Crippen LogP contribution in [0.15, 0.2) is 0 Å². The molecule has 48 valence electrons. The Bertz CT molecular complexity index is 23.7. The van der Waals surface area contributed by atoms with Crippen LogP contribution < -0.4 is 0 Å². The van der Waals surface area contributed by atoms with E-state index in [0.717, 1.165) is 6.42 Å². The van der Waals surface area contributed by atoms with Gasteiger partial charge in [-0.3, -0.25) is 0 Å². The first-order chi connectivity index (χ1) is 2.27. The molecule has 0 rings (SSSR count). The van der Waals surface area contributed by atoms with Gasteiger partial charge in [0.15, 0.2) is 0 Å². The van der Waals surface area contributed by atoms with Gasteiger partial charge in [-0.05, 0) is 13.3 Å². The molecule has 0 aliphatic carbocycles. The van der Waals surface area contributed by atoms with Crippen LogP contribution in [0.5, 0.6) is 0 Å². The number of hydrogen-bond donors (Lipinski definition) is 1. The van der Waals surface area contributed by atoms with Crippen LogP contribution in [0, 0.1) is 0 Å². The average molecular weight is 147 g/mol. The third-order valence-corrected chi connectivity index (χ3v) is 0.591. The number of halogens is 2. The highest BCUT2D eigenvalue weighted by Crippen LogP contribution is 1.81. The second-order valence-electron chi connectivity index (χ2n) is 1.26. The molecule has 0 saturated heterocycles. The van der Waals surface area contributed by atoms with Crippen LogP contribution in [0.25, 0.3) is 0 Å². The van der Waals surface area contributed by atoms with Gasteiger partial charge in [-0.25, -0.2) is 0 Å². The SMILES string of the molecule is CCC(C)O.Cl.Cl. The molecule has 7 heavy (non-hydrogen) atoms. The van der Waals surface area contributed by atoms with Crippen LogP contribution in [0.1, 0.15) is 20.3 Å². The van der Waals surface area contributed by atoms with Gasteiger partial charge in [-0.15, -0.1) is 24.8 Å². The van der Waals surface area contributed by atoms with Crippen molar-refractivity contribution in [3.63, 3.8) is 0 Å². The molecule has 0 amide bonds. The maximum absolute atomic E-state index is 8.36. The summed E-state index contributed by atoms with van der Waals surface area (Å²) in [5.41, 5.74) is 0. The standard InChI is InChI=1S/C4H10O.2ClH/c1-3-4(2)5;;/h4-5H,3H2,1-2H3;2*1H. The van der Waals surface area contributed by atoms with E-state index in [0.29, 0.717) is 0 Å². The highest BCUT2D eigenvalue weighted by molar-refractivity contribution is 5.85. The van der Waals surface area contributed by atoms with E-state index >= 15 is 0 Å². The van der Waals surface area contributed by atoms with Crippen molar-refractivity contribution in [1.82, 2.24) is 0 Å². The summed E-state index contributed by atoms with van der Waals surface area (Å²) in [7, 11) is 0. The van der Waals surface area contributed by atoms with Crippen LogP contribution in [0.4, 0.5) is 0 Å². The van der Waals surface area contributed by atoms with Crippen molar-refractivity contribution in [2.75, 3.05) is 0 Å². The summed E-state index contributed by atoms with van der Waals surface area (Å²) in [4.78, 5) is 0.